The summed E-state index contributed by atoms with van der Waals surface area (Å²) < 4.78 is 0.940. The highest BCUT2D eigenvalue weighted by molar-refractivity contribution is 7.99. The van der Waals surface area contributed by atoms with Crippen LogP contribution in [0.2, 0.25) is 0 Å². The van der Waals surface area contributed by atoms with Gasteiger partial charge in [0.25, 0.3) is 5.82 Å². The molecule has 0 radical (unpaired) electrons. The number of hydrogen-bond donors (Lipinski definition) is 0. The monoisotopic (exact) mass is 196 g/mol. The van der Waals surface area contributed by atoms with Crippen LogP contribution < -0.4 is 9.63 Å². The first-order valence-corrected chi connectivity index (χ1v) is 5.54. The lowest BCUT2D eigenvalue weighted by molar-refractivity contribution is -0.592. The molecule has 0 unspecified atom stereocenters. The highest BCUT2D eigenvalue weighted by Gasteiger charge is 2.18. The van der Waals surface area contributed by atoms with Gasteiger partial charge in [-0.3, -0.25) is 4.90 Å². The van der Waals surface area contributed by atoms with Gasteiger partial charge >= 0.3 is 0 Å². The molecule has 1 aliphatic heterocycles. The first-order chi connectivity index (χ1) is 6.38. The van der Waals surface area contributed by atoms with Crippen molar-refractivity contribution >= 4 is 17.6 Å². The van der Waals surface area contributed by atoms with Crippen molar-refractivity contribution in [3.8, 4) is 0 Å². The number of thioether (sulfide) groups is 1. The third kappa shape index (κ3) is 1.88. The maximum absolute atomic E-state index is 11.4. The van der Waals surface area contributed by atoms with Crippen molar-refractivity contribution in [1.29, 1.82) is 0 Å². The topological polar surface area (TPSA) is 30.2 Å². The zero-order valence-electron chi connectivity index (χ0n) is 7.35. The minimum absolute atomic E-state index is 0.780. The second-order valence-corrected chi connectivity index (χ2v) is 4.21. The molecule has 0 amide bonds. The molecule has 0 spiro atoms. The summed E-state index contributed by atoms with van der Waals surface area (Å²) in [6.45, 7) is 1.97. The van der Waals surface area contributed by atoms with E-state index in [1.807, 2.05) is 23.9 Å². The van der Waals surface area contributed by atoms with Gasteiger partial charge in [0.1, 0.15) is 0 Å². The number of rotatable bonds is 1. The largest absolute Gasteiger partial charge is 0.711 e. The second kappa shape index (κ2) is 3.87. The lowest BCUT2D eigenvalue weighted by atomic mass is 10.4. The van der Waals surface area contributed by atoms with Crippen LogP contribution in [-0.2, 0) is 0 Å². The Morgan fingerprint density at radius 3 is 2.77 bits per heavy atom. The van der Waals surface area contributed by atoms with E-state index < -0.39 is 0 Å². The standard InChI is InChI=1S/C9H12N2OS/c12-11-4-2-1-3-9(11)10-5-7-13-8-6-10/h1-4H,5-8H2. The molecule has 1 aromatic rings. The summed E-state index contributed by atoms with van der Waals surface area (Å²) >= 11 is 1.95. The van der Waals surface area contributed by atoms with Crippen LogP contribution in [0.15, 0.2) is 24.4 Å². The molecule has 1 saturated heterocycles. The van der Waals surface area contributed by atoms with Crippen LogP contribution in [0.1, 0.15) is 0 Å². The van der Waals surface area contributed by atoms with Crippen molar-refractivity contribution in [2.24, 2.45) is 0 Å². The number of hydrogen-bond acceptors (Lipinski definition) is 3. The van der Waals surface area contributed by atoms with Crippen molar-refractivity contribution in [2.45, 2.75) is 0 Å². The molecule has 3 nitrogen and oxygen atoms in total. The molecule has 13 heavy (non-hydrogen) atoms. The number of pyridine rings is 1. The quantitative estimate of drug-likeness (QED) is 0.493. The Labute approximate surface area is 81.9 Å². The Kier molecular flexibility index (Phi) is 2.59. The summed E-state index contributed by atoms with van der Waals surface area (Å²) in [5.41, 5.74) is 0. The fourth-order valence-electron chi connectivity index (χ4n) is 1.46. The van der Waals surface area contributed by atoms with Gasteiger partial charge < -0.3 is 5.21 Å². The van der Waals surface area contributed by atoms with Crippen LogP contribution >= 0.6 is 11.8 Å². The summed E-state index contributed by atoms with van der Waals surface area (Å²) in [4.78, 5) is 2.14. The minimum atomic E-state index is 0.780. The minimum Gasteiger partial charge on any atom is -0.711 e. The molecule has 2 rings (SSSR count). The predicted molar refractivity (Wildman–Crippen MR) is 54.9 cm³/mol. The molecule has 0 aliphatic carbocycles. The van der Waals surface area contributed by atoms with Crippen molar-refractivity contribution in [1.82, 2.24) is 0 Å². The maximum Gasteiger partial charge on any atom is 0.279 e. The average molecular weight is 196 g/mol. The molecule has 1 aromatic heterocycles. The first-order valence-electron chi connectivity index (χ1n) is 4.39. The Morgan fingerprint density at radius 1 is 1.31 bits per heavy atom. The van der Waals surface area contributed by atoms with Crippen LogP contribution in [-0.4, -0.2) is 24.6 Å². The summed E-state index contributed by atoms with van der Waals surface area (Å²) in [7, 11) is 0. The highest BCUT2D eigenvalue weighted by atomic mass is 32.2. The average Bonchev–Trinajstić information content (AvgIpc) is 2.20. The fraction of sp³-hybridized carbons (Fsp3) is 0.444. The number of nitrogens with zero attached hydrogens (tertiary/aromatic N) is 2. The first kappa shape index (κ1) is 8.69. The molecular weight excluding hydrogens is 184 g/mol. The summed E-state index contributed by atoms with van der Waals surface area (Å²) in [5.74, 6) is 3.02. The summed E-state index contributed by atoms with van der Waals surface area (Å²) in [6.07, 6.45) is 1.55. The van der Waals surface area contributed by atoms with Gasteiger partial charge in [-0.05, 0) is 6.07 Å². The third-order valence-corrected chi connectivity index (χ3v) is 3.08. The van der Waals surface area contributed by atoms with Crippen LogP contribution in [0, 0.1) is 5.21 Å². The van der Waals surface area contributed by atoms with E-state index >= 15 is 0 Å². The summed E-state index contributed by atoms with van der Waals surface area (Å²) in [5, 5.41) is 11.4. The molecule has 0 aromatic carbocycles. The SMILES string of the molecule is [O-][n+]1ccccc1N1CCSCC1. The van der Waals surface area contributed by atoms with E-state index in [-0.39, 0.29) is 0 Å². The van der Waals surface area contributed by atoms with Gasteiger partial charge in [-0.15, -0.1) is 0 Å². The lowest BCUT2D eigenvalue weighted by Gasteiger charge is -2.23. The zero-order chi connectivity index (χ0) is 9.10. The normalized spacial score (nSPS) is 17.4. The molecular formula is C9H12N2OS. The fourth-order valence-corrected chi connectivity index (χ4v) is 2.36. The van der Waals surface area contributed by atoms with Gasteiger partial charge in [-0.1, -0.05) is 6.07 Å². The number of anilines is 1. The lowest BCUT2D eigenvalue weighted by Crippen LogP contribution is -2.41. The molecule has 0 N–H and O–H groups in total. The van der Waals surface area contributed by atoms with Crippen molar-refractivity contribution in [2.75, 3.05) is 29.5 Å². The Balaban J connectivity index is 2.18. The predicted octanol–water partition coefficient (Wildman–Crippen LogP) is 0.873. The smallest absolute Gasteiger partial charge is 0.279 e. The Bertz CT molecular complexity index is 287. The highest BCUT2D eigenvalue weighted by Crippen LogP contribution is 2.14. The van der Waals surface area contributed by atoms with E-state index in [0.717, 1.165) is 35.1 Å². The van der Waals surface area contributed by atoms with Crippen molar-refractivity contribution in [3.63, 3.8) is 0 Å². The van der Waals surface area contributed by atoms with E-state index in [0.29, 0.717) is 0 Å². The molecule has 1 aliphatic rings. The molecule has 0 atom stereocenters. The summed E-state index contributed by atoms with van der Waals surface area (Å²) in [6, 6.07) is 5.55. The third-order valence-electron chi connectivity index (χ3n) is 2.14. The van der Waals surface area contributed by atoms with Crippen LogP contribution in [0.3, 0.4) is 0 Å². The van der Waals surface area contributed by atoms with Gasteiger partial charge in [0.05, 0.1) is 19.3 Å². The van der Waals surface area contributed by atoms with Gasteiger partial charge in [-0.25, -0.2) is 4.73 Å². The maximum atomic E-state index is 11.4. The van der Waals surface area contributed by atoms with Crippen LogP contribution in [0.25, 0.3) is 0 Å². The van der Waals surface area contributed by atoms with Crippen molar-refractivity contribution in [3.05, 3.63) is 29.6 Å². The van der Waals surface area contributed by atoms with Gasteiger partial charge in [0.2, 0.25) is 0 Å². The molecule has 2 heterocycles. The molecule has 0 bridgehead atoms. The molecule has 4 heteroatoms. The Hall–Kier alpha value is -0.900. The molecule has 0 saturated carbocycles. The molecule has 70 valence electrons. The van der Waals surface area contributed by atoms with Crippen molar-refractivity contribution < 1.29 is 4.73 Å². The molecule has 1 fully saturated rings. The van der Waals surface area contributed by atoms with E-state index in [4.69, 9.17) is 0 Å². The second-order valence-electron chi connectivity index (χ2n) is 2.98. The van der Waals surface area contributed by atoms with Crippen LogP contribution in [0.4, 0.5) is 5.82 Å². The van der Waals surface area contributed by atoms with E-state index in [1.54, 1.807) is 12.3 Å². The Morgan fingerprint density at radius 2 is 2.08 bits per heavy atom. The van der Waals surface area contributed by atoms with E-state index in [9.17, 15) is 5.21 Å². The van der Waals surface area contributed by atoms with E-state index in [1.165, 1.54) is 0 Å². The van der Waals surface area contributed by atoms with Gasteiger partial charge in [-0.2, -0.15) is 11.8 Å². The van der Waals surface area contributed by atoms with Crippen LogP contribution in [0.5, 0.6) is 0 Å². The van der Waals surface area contributed by atoms with E-state index in [2.05, 4.69) is 4.90 Å². The zero-order valence-corrected chi connectivity index (χ0v) is 8.17. The number of aromatic nitrogens is 1. The van der Waals surface area contributed by atoms with Gasteiger partial charge in [0.15, 0.2) is 0 Å². The van der Waals surface area contributed by atoms with Gasteiger partial charge in [0, 0.05) is 17.6 Å².